The second-order valence-electron chi connectivity index (χ2n) is 20.0. The topological polar surface area (TPSA) is 71.2 Å². The fourth-order valence-corrected chi connectivity index (χ4v) is 12.0. The average Bonchev–Trinajstić information content (AvgIpc) is 4.01. The highest BCUT2D eigenvalue weighted by Gasteiger charge is 2.40. The van der Waals surface area contributed by atoms with E-state index in [1.165, 1.54) is 66.6 Å². The number of rotatable bonds is 9. The number of hydrogen-bond acceptors (Lipinski definition) is 6. The van der Waals surface area contributed by atoms with Crippen LogP contribution in [0.25, 0.3) is 56.0 Å². The van der Waals surface area contributed by atoms with Gasteiger partial charge in [0.05, 0.1) is 17.1 Å². The van der Waals surface area contributed by atoms with Crippen molar-refractivity contribution < 1.29 is 0 Å². The third-order valence-corrected chi connectivity index (χ3v) is 15.5. The van der Waals surface area contributed by atoms with Crippen LogP contribution in [0.15, 0.2) is 263 Å². The number of allylic oxidation sites excluding steroid dienone is 13. The van der Waals surface area contributed by atoms with Crippen LogP contribution in [-0.2, 0) is 0 Å². The van der Waals surface area contributed by atoms with Crippen molar-refractivity contribution in [2.24, 2.45) is 10.9 Å². The maximum atomic E-state index is 5.33. The van der Waals surface area contributed by atoms with Gasteiger partial charge < -0.3 is 9.88 Å². The molecule has 0 bridgehead atoms. The zero-order valence-electron chi connectivity index (χ0n) is 41.0. The maximum absolute atomic E-state index is 5.33. The number of benzene rings is 6. The number of para-hydroxylation sites is 1. The molecule has 0 fully saturated rings. The zero-order valence-corrected chi connectivity index (χ0v) is 41.0. The Hall–Kier alpha value is -8.94. The lowest BCUT2D eigenvalue weighted by molar-refractivity contribution is 0.674. The van der Waals surface area contributed by atoms with E-state index < -0.39 is 0 Å². The zero-order chi connectivity index (χ0) is 49.0. The van der Waals surface area contributed by atoms with Gasteiger partial charge in [0.1, 0.15) is 5.84 Å². The number of anilines is 1. The largest absolute Gasteiger partial charge is 0.340 e. The molecular formula is C67H53N7. The second kappa shape index (κ2) is 18.6. The van der Waals surface area contributed by atoms with Crippen molar-refractivity contribution in [2.45, 2.75) is 50.5 Å². The van der Waals surface area contributed by atoms with Crippen LogP contribution in [0.1, 0.15) is 61.1 Å². The van der Waals surface area contributed by atoms with E-state index in [1.807, 2.05) is 36.4 Å². The predicted molar refractivity (Wildman–Crippen MR) is 303 cm³/mol. The van der Waals surface area contributed by atoms with Crippen molar-refractivity contribution >= 4 is 39.3 Å². The van der Waals surface area contributed by atoms with Gasteiger partial charge in [0.2, 0.25) is 5.95 Å². The SMILES string of the molecule is C1=CCCC(C2C=C(c3cccc4c3c3cc(C5C=C(C6=CC=C7C(C6)C6=C(C=CCC6)N7c6nc(-c7ccccc7)nc(-c7ccccc7)n6)C=CC5)ccc3n4-c3ccccc3)NC(c3ccccc3)=N2)=C1. The third kappa shape index (κ3) is 7.84. The number of nitrogens with one attached hydrogen (secondary N) is 1. The second-order valence-corrected chi connectivity index (χ2v) is 20.0. The first-order valence-electron chi connectivity index (χ1n) is 26.2. The summed E-state index contributed by atoms with van der Waals surface area (Å²) in [5, 5.41) is 6.33. The van der Waals surface area contributed by atoms with Crippen molar-refractivity contribution in [3.63, 3.8) is 0 Å². The molecule has 14 rings (SSSR count). The summed E-state index contributed by atoms with van der Waals surface area (Å²) in [5.41, 5.74) is 18.0. The molecule has 6 aliphatic rings. The Morgan fingerprint density at radius 1 is 0.595 bits per heavy atom. The van der Waals surface area contributed by atoms with Gasteiger partial charge in [-0.2, -0.15) is 9.97 Å². The van der Waals surface area contributed by atoms with Crippen LogP contribution in [-0.4, -0.2) is 31.4 Å². The molecule has 4 aliphatic carbocycles. The predicted octanol–water partition coefficient (Wildman–Crippen LogP) is 15.3. The average molecular weight is 956 g/mol. The van der Waals surface area contributed by atoms with Crippen LogP contribution in [0, 0.1) is 5.92 Å². The fourth-order valence-electron chi connectivity index (χ4n) is 12.0. The molecule has 7 nitrogen and oxygen atoms in total. The molecular weight excluding hydrogens is 903 g/mol. The molecule has 74 heavy (non-hydrogen) atoms. The van der Waals surface area contributed by atoms with Gasteiger partial charge in [0.25, 0.3) is 0 Å². The van der Waals surface area contributed by atoms with Gasteiger partial charge in [-0.15, -0.1) is 0 Å². The molecule has 2 aromatic heterocycles. The molecule has 8 aromatic rings. The Kier molecular flexibility index (Phi) is 11.0. The Bertz CT molecular complexity index is 3800. The summed E-state index contributed by atoms with van der Waals surface area (Å²) in [6.45, 7) is 0. The van der Waals surface area contributed by atoms with Crippen LogP contribution < -0.4 is 10.2 Å². The van der Waals surface area contributed by atoms with E-state index in [9.17, 15) is 0 Å². The quantitative estimate of drug-likeness (QED) is 0.156. The van der Waals surface area contributed by atoms with Crippen LogP contribution in [0.3, 0.4) is 0 Å². The van der Waals surface area contributed by atoms with Crippen LogP contribution in [0.5, 0.6) is 0 Å². The number of aliphatic imine (C=N–C) groups is 1. The molecule has 0 radical (unpaired) electrons. The maximum Gasteiger partial charge on any atom is 0.238 e. The van der Waals surface area contributed by atoms with E-state index in [1.54, 1.807) is 0 Å². The summed E-state index contributed by atoms with van der Waals surface area (Å²) in [7, 11) is 0. The molecule has 0 saturated carbocycles. The molecule has 3 atom stereocenters. The molecule has 3 unspecified atom stereocenters. The number of aromatic nitrogens is 4. The molecule has 4 heterocycles. The standard InChI is InChI=1S/C67H53N7/c1-6-20-44(21-7-1)57-43-58(69-64(68-57)45-22-8-2-9-23-45)54-33-19-35-62-63(54)56-42-51(37-39-61(56)73(62)52-30-14-5-15-31-52)49-29-18-28-48(40-49)50-36-38-60-55(41-50)53-32-16-17-34-59(53)74(60)67-71-65(46-24-10-3-11-25-46)70-66(72-67)47-26-12-4-13-27-47/h1-6,8-15,17-20,22-28,30-31,33-40,42-43,49,55,57H,7,16,21,29,32,41H2,(H,68,69). The van der Waals surface area contributed by atoms with Gasteiger partial charge in [-0.3, -0.25) is 9.89 Å². The number of amidine groups is 1. The normalized spacial score (nSPS) is 20.1. The first-order chi connectivity index (χ1) is 36.7. The van der Waals surface area contributed by atoms with Gasteiger partial charge >= 0.3 is 0 Å². The molecule has 356 valence electrons. The van der Waals surface area contributed by atoms with Crippen LogP contribution in [0.4, 0.5) is 5.95 Å². The fraction of sp³-hybridized carbons (Fsp3) is 0.134. The van der Waals surface area contributed by atoms with Crippen molar-refractivity contribution in [1.82, 2.24) is 24.8 Å². The minimum atomic E-state index is -0.0639. The Morgan fingerprint density at radius 3 is 2.07 bits per heavy atom. The summed E-state index contributed by atoms with van der Waals surface area (Å²) in [5.74, 6) is 3.33. The van der Waals surface area contributed by atoms with Crippen molar-refractivity contribution in [1.29, 1.82) is 0 Å². The van der Waals surface area contributed by atoms with Crippen LogP contribution in [0.2, 0.25) is 0 Å². The Labute approximate surface area is 431 Å². The molecule has 2 aliphatic heterocycles. The summed E-state index contributed by atoms with van der Waals surface area (Å²) in [6.07, 6.45) is 31.5. The van der Waals surface area contributed by atoms with Gasteiger partial charge in [0.15, 0.2) is 11.6 Å². The highest BCUT2D eigenvalue weighted by molar-refractivity contribution is 6.16. The summed E-state index contributed by atoms with van der Waals surface area (Å²) in [6, 6.07) is 55.8. The van der Waals surface area contributed by atoms with E-state index in [0.29, 0.717) is 17.6 Å². The molecule has 1 N–H and O–H groups in total. The molecule has 0 spiro atoms. The molecule has 6 aromatic carbocycles. The van der Waals surface area contributed by atoms with Gasteiger partial charge in [-0.05, 0) is 115 Å². The molecule has 0 amide bonds. The molecule has 0 saturated heterocycles. The summed E-state index contributed by atoms with van der Waals surface area (Å²) in [4.78, 5) is 23.1. The number of nitrogens with zero attached hydrogens (tertiary/aromatic N) is 6. The number of hydrogen-bond donors (Lipinski definition) is 1. The smallest absolute Gasteiger partial charge is 0.238 e. The van der Waals surface area contributed by atoms with Crippen molar-refractivity contribution in [2.75, 3.05) is 4.90 Å². The first kappa shape index (κ1) is 43.8. The number of fused-ring (bicyclic) bond motifs is 5. The Balaban J connectivity index is 0.851. The minimum absolute atomic E-state index is 0.0639. The lowest BCUT2D eigenvalue weighted by Crippen LogP contribution is -2.30. The van der Waals surface area contributed by atoms with E-state index in [0.717, 1.165) is 72.4 Å². The highest BCUT2D eigenvalue weighted by atomic mass is 15.3. The summed E-state index contributed by atoms with van der Waals surface area (Å²) < 4.78 is 2.44. The lowest BCUT2D eigenvalue weighted by Gasteiger charge is -2.28. The Morgan fingerprint density at radius 2 is 1.32 bits per heavy atom. The van der Waals surface area contributed by atoms with Crippen molar-refractivity contribution in [3.8, 4) is 28.5 Å². The lowest BCUT2D eigenvalue weighted by atomic mass is 9.79. The summed E-state index contributed by atoms with van der Waals surface area (Å²) >= 11 is 0. The van der Waals surface area contributed by atoms with Gasteiger partial charge in [0, 0.05) is 67.6 Å². The third-order valence-electron chi connectivity index (χ3n) is 15.5. The minimum Gasteiger partial charge on any atom is -0.340 e. The molecule has 7 heteroatoms. The highest BCUT2D eigenvalue weighted by Crippen LogP contribution is 2.50. The van der Waals surface area contributed by atoms with E-state index in [-0.39, 0.29) is 17.9 Å². The van der Waals surface area contributed by atoms with Crippen molar-refractivity contribution in [3.05, 3.63) is 275 Å². The van der Waals surface area contributed by atoms with E-state index in [4.69, 9.17) is 19.9 Å². The van der Waals surface area contributed by atoms with E-state index >= 15 is 0 Å². The van der Waals surface area contributed by atoms with E-state index in [2.05, 4.69) is 203 Å². The van der Waals surface area contributed by atoms with Crippen LogP contribution >= 0.6 is 0 Å². The first-order valence-corrected chi connectivity index (χ1v) is 26.2. The monoisotopic (exact) mass is 955 g/mol. The van der Waals surface area contributed by atoms with Gasteiger partial charge in [-0.1, -0.05) is 176 Å². The van der Waals surface area contributed by atoms with Gasteiger partial charge in [-0.25, -0.2) is 4.98 Å².